The second-order valence-electron chi connectivity index (χ2n) is 6.14. The SMILES string of the molecule is O=C(NN=Cc1ccccc1O)C1[C@H]2CCCCCC[C@@H]12. The molecule has 21 heavy (non-hydrogen) atoms. The van der Waals surface area contributed by atoms with Crippen LogP contribution in [-0.4, -0.2) is 17.2 Å². The normalized spacial score (nSPS) is 28.5. The number of phenolic OH excluding ortho intramolecular Hbond substituents is 1. The summed E-state index contributed by atoms with van der Waals surface area (Å²) in [5.74, 6) is 1.52. The highest BCUT2D eigenvalue weighted by atomic mass is 16.3. The number of hydrogen-bond acceptors (Lipinski definition) is 3. The van der Waals surface area contributed by atoms with E-state index in [-0.39, 0.29) is 17.6 Å². The van der Waals surface area contributed by atoms with Crippen molar-refractivity contribution < 1.29 is 9.90 Å². The zero-order chi connectivity index (χ0) is 14.7. The minimum Gasteiger partial charge on any atom is -0.507 e. The van der Waals surface area contributed by atoms with Crippen LogP contribution in [0.3, 0.4) is 0 Å². The first kappa shape index (κ1) is 14.1. The Kier molecular flexibility index (Phi) is 4.23. The van der Waals surface area contributed by atoms with Crippen molar-refractivity contribution in [2.75, 3.05) is 0 Å². The topological polar surface area (TPSA) is 61.7 Å². The van der Waals surface area contributed by atoms with Crippen LogP contribution in [0.4, 0.5) is 0 Å². The van der Waals surface area contributed by atoms with Crippen LogP contribution in [0.25, 0.3) is 0 Å². The van der Waals surface area contributed by atoms with Crippen molar-refractivity contribution in [2.24, 2.45) is 22.9 Å². The van der Waals surface area contributed by atoms with Gasteiger partial charge in [0.2, 0.25) is 5.91 Å². The highest BCUT2D eigenvalue weighted by Gasteiger charge is 2.53. The summed E-state index contributed by atoms with van der Waals surface area (Å²) in [6.07, 6.45) is 9.00. The zero-order valence-electron chi connectivity index (χ0n) is 12.2. The third-order valence-electron chi connectivity index (χ3n) is 4.77. The van der Waals surface area contributed by atoms with E-state index in [1.54, 1.807) is 18.2 Å². The second kappa shape index (κ2) is 6.29. The molecule has 4 heteroatoms. The standard InChI is InChI=1S/C17H22N2O2/c20-15-10-6-5-7-12(15)11-18-19-17(21)16-13-8-3-1-2-4-9-14(13)16/h5-7,10-11,13-14,16,20H,1-4,8-9H2,(H,19,21)/t13-,14+,16?. The average Bonchev–Trinajstić information content (AvgIpc) is 3.12. The number of aromatic hydroxyl groups is 1. The Morgan fingerprint density at radius 3 is 2.48 bits per heavy atom. The summed E-state index contributed by atoms with van der Waals surface area (Å²) < 4.78 is 0. The van der Waals surface area contributed by atoms with E-state index in [0.717, 1.165) is 0 Å². The highest BCUT2D eigenvalue weighted by Crippen LogP contribution is 2.53. The Bertz CT molecular complexity index is 527. The van der Waals surface area contributed by atoms with Crippen LogP contribution in [-0.2, 0) is 4.79 Å². The molecule has 2 fully saturated rings. The fraction of sp³-hybridized carbons (Fsp3) is 0.529. The second-order valence-corrected chi connectivity index (χ2v) is 6.14. The smallest absolute Gasteiger partial charge is 0.243 e. The van der Waals surface area contributed by atoms with Gasteiger partial charge < -0.3 is 5.11 Å². The van der Waals surface area contributed by atoms with Crippen molar-refractivity contribution in [3.63, 3.8) is 0 Å². The number of nitrogens with one attached hydrogen (secondary N) is 1. The first-order valence-electron chi connectivity index (χ1n) is 7.88. The van der Waals surface area contributed by atoms with Crippen LogP contribution < -0.4 is 5.43 Å². The monoisotopic (exact) mass is 286 g/mol. The predicted molar refractivity (Wildman–Crippen MR) is 82.0 cm³/mol. The molecule has 0 saturated heterocycles. The third-order valence-corrected chi connectivity index (χ3v) is 4.77. The lowest BCUT2D eigenvalue weighted by Gasteiger charge is -2.04. The van der Waals surface area contributed by atoms with E-state index in [9.17, 15) is 9.90 Å². The van der Waals surface area contributed by atoms with Crippen LogP contribution >= 0.6 is 0 Å². The number of amides is 1. The van der Waals surface area contributed by atoms with Gasteiger partial charge in [-0.25, -0.2) is 5.43 Å². The van der Waals surface area contributed by atoms with E-state index in [1.807, 2.05) is 6.07 Å². The predicted octanol–water partition coefficient (Wildman–Crippen LogP) is 3.06. The molecule has 3 rings (SSSR count). The van der Waals surface area contributed by atoms with Gasteiger partial charge in [0, 0.05) is 11.5 Å². The molecule has 0 bridgehead atoms. The summed E-state index contributed by atoms with van der Waals surface area (Å²) in [5.41, 5.74) is 3.25. The number of fused-ring (bicyclic) bond motifs is 1. The van der Waals surface area contributed by atoms with Crippen molar-refractivity contribution in [3.05, 3.63) is 29.8 Å². The van der Waals surface area contributed by atoms with Crippen LogP contribution in [0.1, 0.15) is 44.1 Å². The van der Waals surface area contributed by atoms with Crippen LogP contribution in [0.5, 0.6) is 5.75 Å². The number of nitrogens with zero attached hydrogens (tertiary/aromatic N) is 1. The van der Waals surface area contributed by atoms with E-state index < -0.39 is 0 Å². The Hall–Kier alpha value is -1.84. The summed E-state index contributed by atoms with van der Waals surface area (Å²) in [6.45, 7) is 0. The van der Waals surface area contributed by atoms with Gasteiger partial charge in [-0.15, -0.1) is 0 Å². The van der Waals surface area contributed by atoms with E-state index in [2.05, 4.69) is 10.5 Å². The summed E-state index contributed by atoms with van der Waals surface area (Å²) in [4.78, 5) is 12.2. The van der Waals surface area contributed by atoms with Gasteiger partial charge in [-0.2, -0.15) is 5.10 Å². The average molecular weight is 286 g/mol. The van der Waals surface area contributed by atoms with Crippen molar-refractivity contribution in [1.82, 2.24) is 5.43 Å². The number of carbonyl (C=O) groups excluding carboxylic acids is 1. The molecule has 3 atom stereocenters. The van der Waals surface area contributed by atoms with Gasteiger partial charge in [-0.05, 0) is 36.8 Å². The van der Waals surface area contributed by atoms with E-state index >= 15 is 0 Å². The lowest BCUT2D eigenvalue weighted by Crippen LogP contribution is -2.21. The van der Waals surface area contributed by atoms with E-state index in [0.29, 0.717) is 17.4 Å². The van der Waals surface area contributed by atoms with Gasteiger partial charge in [-0.1, -0.05) is 37.8 Å². The van der Waals surface area contributed by atoms with Crippen molar-refractivity contribution in [2.45, 2.75) is 38.5 Å². The number of para-hydroxylation sites is 1. The maximum Gasteiger partial charge on any atom is 0.243 e. The number of benzene rings is 1. The van der Waals surface area contributed by atoms with E-state index in [4.69, 9.17) is 0 Å². The van der Waals surface area contributed by atoms with Crippen LogP contribution in [0.15, 0.2) is 29.4 Å². The minimum atomic E-state index is 0.0403. The molecule has 2 aliphatic rings. The Morgan fingerprint density at radius 2 is 1.81 bits per heavy atom. The molecule has 2 saturated carbocycles. The van der Waals surface area contributed by atoms with Gasteiger partial charge in [0.15, 0.2) is 0 Å². The van der Waals surface area contributed by atoms with Crippen LogP contribution in [0.2, 0.25) is 0 Å². The summed E-state index contributed by atoms with van der Waals surface area (Å²) in [7, 11) is 0. The molecule has 1 unspecified atom stereocenters. The molecule has 2 aliphatic carbocycles. The van der Waals surface area contributed by atoms with Crippen molar-refractivity contribution in [3.8, 4) is 5.75 Å². The lowest BCUT2D eigenvalue weighted by molar-refractivity contribution is -0.122. The van der Waals surface area contributed by atoms with Gasteiger partial charge in [0.25, 0.3) is 0 Å². The molecule has 1 aromatic rings. The molecular weight excluding hydrogens is 264 g/mol. The quantitative estimate of drug-likeness (QED) is 0.662. The summed E-state index contributed by atoms with van der Waals surface area (Å²) in [6, 6.07) is 6.94. The van der Waals surface area contributed by atoms with Crippen molar-refractivity contribution in [1.29, 1.82) is 0 Å². The number of carbonyl (C=O) groups is 1. The van der Waals surface area contributed by atoms with Gasteiger partial charge in [0.05, 0.1) is 6.21 Å². The largest absolute Gasteiger partial charge is 0.507 e. The third kappa shape index (κ3) is 3.26. The summed E-state index contributed by atoms with van der Waals surface area (Å²) in [5, 5.41) is 13.6. The zero-order valence-corrected chi connectivity index (χ0v) is 12.2. The molecule has 0 spiro atoms. The maximum atomic E-state index is 12.2. The van der Waals surface area contributed by atoms with Gasteiger partial charge in [-0.3, -0.25) is 4.79 Å². The molecule has 1 amide bonds. The molecule has 112 valence electrons. The Morgan fingerprint density at radius 1 is 1.14 bits per heavy atom. The van der Waals surface area contributed by atoms with Crippen molar-refractivity contribution >= 4 is 12.1 Å². The Balaban J connectivity index is 1.54. The van der Waals surface area contributed by atoms with Gasteiger partial charge >= 0.3 is 0 Å². The molecular formula is C17H22N2O2. The maximum absolute atomic E-state index is 12.2. The molecule has 1 aromatic carbocycles. The fourth-order valence-corrected chi connectivity index (χ4v) is 3.57. The number of rotatable bonds is 3. The van der Waals surface area contributed by atoms with Crippen LogP contribution in [0, 0.1) is 17.8 Å². The first-order chi connectivity index (χ1) is 10.3. The first-order valence-corrected chi connectivity index (χ1v) is 7.88. The van der Waals surface area contributed by atoms with Gasteiger partial charge in [0.1, 0.15) is 5.75 Å². The minimum absolute atomic E-state index is 0.0403. The molecule has 0 radical (unpaired) electrons. The Labute approximate surface area is 125 Å². The summed E-state index contributed by atoms with van der Waals surface area (Å²) >= 11 is 0. The molecule has 0 aliphatic heterocycles. The fourth-order valence-electron chi connectivity index (χ4n) is 3.57. The number of phenols is 1. The molecule has 0 aromatic heterocycles. The molecule has 0 heterocycles. The molecule has 2 N–H and O–H groups in total. The number of hydrazone groups is 1. The molecule has 4 nitrogen and oxygen atoms in total. The highest BCUT2D eigenvalue weighted by molar-refractivity contribution is 5.86. The lowest BCUT2D eigenvalue weighted by atomic mass is 10.0. The number of hydrogen-bond donors (Lipinski definition) is 2. The van der Waals surface area contributed by atoms with E-state index in [1.165, 1.54) is 44.7 Å².